The van der Waals surface area contributed by atoms with Gasteiger partial charge in [-0.15, -0.1) is 0 Å². The summed E-state index contributed by atoms with van der Waals surface area (Å²) in [4.78, 5) is 11.0. The van der Waals surface area contributed by atoms with Crippen molar-refractivity contribution >= 4 is 5.97 Å². The lowest BCUT2D eigenvalue weighted by molar-refractivity contribution is -0.0341. The fraction of sp³-hybridized carbons (Fsp3) is 0.500. The highest BCUT2D eigenvalue weighted by Gasteiger charge is 2.30. The zero-order valence-electron chi connectivity index (χ0n) is 10.6. The van der Waals surface area contributed by atoms with E-state index in [0.717, 1.165) is 31.4 Å². The smallest absolute Gasteiger partial charge is 0.339 e. The molecule has 0 amide bonds. The Hall–Kier alpha value is -1.62. The molecule has 19 heavy (non-hydrogen) atoms. The summed E-state index contributed by atoms with van der Waals surface area (Å²) in [7, 11) is 0. The van der Waals surface area contributed by atoms with Crippen molar-refractivity contribution in [2.45, 2.75) is 37.7 Å². The first kappa shape index (κ1) is 13.8. The molecule has 1 aromatic carbocycles. The molecule has 0 unspecified atom stereocenters. The molecule has 0 radical (unpaired) electrons. The van der Waals surface area contributed by atoms with Crippen LogP contribution in [0, 0.1) is 5.82 Å². The fourth-order valence-corrected chi connectivity index (χ4v) is 2.36. The third-order valence-corrected chi connectivity index (χ3v) is 3.45. The van der Waals surface area contributed by atoms with E-state index in [4.69, 9.17) is 9.84 Å². The molecule has 5 heteroatoms. The van der Waals surface area contributed by atoms with Crippen molar-refractivity contribution in [3.63, 3.8) is 0 Å². The van der Waals surface area contributed by atoms with Crippen molar-refractivity contribution in [3.8, 4) is 5.75 Å². The largest absolute Gasteiger partial charge is 0.490 e. The third kappa shape index (κ3) is 3.44. The molecule has 0 atom stereocenters. The first-order valence-corrected chi connectivity index (χ1v) is 6.38. The number of hydrogen-bond acceptors (Lipinski definition) is 3. The van der Waals surface area contributed by atoms with Crippen molar-refractivity contribution in [2.24, 2.45) is 0 Å². The Morgan fingerprint density at radius 2 is 2.00 bits per heavy atom. The van der Waals surface area contributed by atoms with E-state index >= 15 is 0 Å². The van der Waals surface area contributed by atoms with Crippen LogP contribution in [0.1, 0.15) is 42.5 Å². The summed E-state index contributed by atoms with van der Waals surface area (Å²) >= 11 is 0. The predicted octanol–water partition coefficient (Wildman–Crippen LogP) is 2.60. The highest BCUT2D eigenvalue weighted by molar-refractivity contribution is 5.90. The van der Waals surface area contributed by atoms with E-state index in [1.54, 1.807) is 0 Å². The fourth-order valence-electron chi connectivity index (χ4n) is 2.36. The van der Waals surface area contributed by atoms with E-state index in [1.165, 1.54) is 6.07 Å². The number of carbonyl (C=O) groups is 1. The van der Waals surface area contributed by atoms with Gasteiger partial charge in [-0.2, -0.15) is 0 Å². The molecule has 0 bridgehead atoms. The zero-order valence-corrected chi connectivity index (χ0v) is 10.6. The van der Waals surface area contributed by atoms with Crippen LogP contribution in [-0.2, 0) is 0 Å². The summed E-state index contributed by atoms with van der Waals surface area (Å²) < 4.78 is 18.4. The van der Waals surface area contributed by atoms with Crippen LogP contribution < -0.4 is 4.74 Å². The van der Waals surface area contributed by atoms with Gasteiger partial charge in [-0.3, -0.25) is 0 Å². The van der Waals surface area contributed by atoms with Crippen LogP contribution in [-0.4, -0.2) is 28.4 Å². The van der Waals surface area contributed by atoms with Gasteiger partial charge in [0.2, 0.25) is 0 Å². The van der Waals surface area contributed by atoms with E-state index in [-0.39, 0.29) is 17.9 Å². The molecule has 1 aromatic rings. The standard InChI is InChI=1S/C14H17FO4/c15-10-4-5-12(11(8-10)13(16)17)19-9-14(18)6-2-1-3-7-14/h4-5,8,18H,1-3,6-7,9H2,(H,16,17). The van der Waals surface area contributed by atoms with Crippen LogP contribution >= 0.6 is 0 Å². The summed E-state index contributed by atoms with van der Waals surface area (Å²) in [5.74, 6) is -1.78. The highest BCUT2D eigenvalue weighted by Crippen LogP contribution is 2.29. The summed E-state index contributed by atoms with van der Waals surface area (Å²) in [6, 6.07) is 3.35. The maximum absolute atomic E-state index is 13.0. The Labute approximate surface area is 110 Å². The Kier molecular flexibility index (Phi) is 4.04. The molecular formula is C14H17FO4. The van der Waals surface area contributed by atoms with E-state index < -0.39 is 17.4 Å². The number of benzene rings is 1. The molecule has 0 saturated heterocycles. The number of aliphatic hydroxyl groups is 1. The first-order valence-electron chi connectivity index (χ1n) is 6.38. The van der Waals surface area contributed by atoms with Crippen LogP contribution in [0.2, 0.25) is 0 Å². The van der Waals surface area contributed by atoms with Gasteiger partial charge in [-0.25, -0.2) is 9.18 Å². The maximum Gasteiger partial charge on any atom is 0.339 e. The molecule has 1 aliphatic carbocycles. The quantitative estimate of drug-likeness (QED) is 0.880. The number of carboxylic acid groups (broad SMARTS) is 1. The topological polar surface area (TPSA) is 66.8 Å². The lowest BCUT2D eigenvalue weighted by Gasteiger charge is -2.31. The molecule has 1 aliphatic rings. The van der Waals surface area contributed by atoms with Gasteiger partial charge >= 0.3 is 5.97 Å². The molecule has 1 saturated carbocycles. The molecule has 0 aromatic heterocycles. The number of halogens is 1. The number of hydrogen-bond donors (Lipinski definition) is 2. The van der Waals surface area contributed by atoms with Gasteiger partial charge in [0.25, 0.3) is 0 Å². The number of rotatable bonds is 4. The third-order valence-electron chi connectivity index (χ3n) is 3.45. The van der Waals surface area contributed by atoms with Crippen molar-refractivity contribution in [1.82, 2.24) is 0 Å². The van der Waals surface area contributed by atoms with Crippen LogP contribution in [0.25, 0.3) is 0 Å². The molecular weight excluding hydrogens is 251 g/mol. The Morgan fingerprint density at radius 3 is 2.63 bits per heavy atom. The summed E-state index contributed by atoms with van der Waals surface area (Å²) in [5.41, 5.74) is -1.12. The van der Waals surface area contributed by atoms with Gasteiger partial charge in [0.15, 0.2) is 0 Å². The van der Waals surface area contributed by atoms with Gasteiger partial charge < -0.3 is 14.9 Å². The van der Waals surface area contributed by atoms with Gasteiger partial charge in [-0.1, -0.05) is 19.3 Å². The average molecular weight is 268 g/mol. The number of ether oxygens (including phenoxy) is 1. The SMILES string of the molecule is O=C(O)c1cc(F)ccc1OCC1(O)CCCCC1. The minimum atomic E-state index is -1.25. The number of aromatic carboxylic acids is 1. The first-order chi connectivity index (χ1) is 9.00. The van der Waals surface area contributed by atoms with E-state index in [0.29, 0.717) is 12.8 Å². The second kappa shape index (κ2) is 5.57. The van der Waals surface area contributed by atoms with Crippen molar-refractivity contribution in [2.75, 3.05) is 6.61 Å². The van der Waals surface area contributed by atoms with Crippen molar-refractivity contribution in [1.29, 1.82) is 0 Å². The van der Waals surface area contributed by atoms with Crippen LogP contribution in [0.5, 0.6) is 5.75 Å². The minimum Gasteiger partial charge on any atom is -0.490 e. The summed E-state index contributed by atoms with van der Waals surface area (Å²) in [6.45, 7) is 0.0406. The van der Waals surface area contributed by atoms with Crippen LogP contribution in [0.15, 0.2) is 18.2 Å². The lowest BCUT2D eigenvalue weighted by atomic mass is 9.85. The van der Waals surface area contributed by atoms with Crippen LogP contribution in [0.3, 0.4) is 0 Å². The second-order valence-electron chi connectivity index (χ2n) is 5.02. The summed E-state index contributed by atoms with van der Waals surface area (Å²) in [6.07, 6.45) is 4.27. The molecule has 1 fully saturated rings. The van der Waals surface area contributed by atoms with Gasteiger partial charge in [0.1, 0.15) is 23.7 Å². The molecule has 0 spiro atoms. The maximum atomic E-state index is 13.0. The van der Waals surface area contributed by atoms with Crippen molar-refractivity contribution < 1.29 is 24.1 Å². The summed E-state index contributed by atoms with van der Waals surface area (Å²) in [5, 5.41) is 19.3. The van der Waals surface area contributed by atoms with E-state index in [9.17, 15) is 14.3 Å². The Morgan fingerprint density at radius 1 is 1.32 bits per heavy atom. The Bertz CT molecular complexity index is 467. The molecule has 4 nitrogen and oxygen atoms in total. The minimum absolute atomic E-state index is 0.0406. The van der Waals surface area contributed by atoms with Crippen LogP contribution in [0.4, 0.5) is 4.39 Å². The second-order valence-corrected chi connectivity index (χ2v) is 5.02. The molecule has 0 heterocycles. The van der Waals surface area contributed by atoms with Crippen molar-refractivity contribution in [3.05, 3.63) is 29.6 Å². The lowest BCUT2D eigenvalue weighted by Crippen LogP contribution is -2.38. The average Bonchev–Trinajstić information content (AvgIpc) is 2.38. The van der Waals surface area contributed by atoms with Gasteiger partial charge in [-0.05, 0) is 31.0 Å². The molecule has 104 valence electrons. The predicted molar refractivity (Wildman–Crippen MR) is 66.9 cm³/mol. The monoisotopic (exact) mass is 268 g/mol. The van der Waals surface area contributed by atoms with E-state index in [2.05, 4.69) is 0 Å². The van der Waals surface area contributed by atoms with Gasteiger partial charge in [0.05, 0.1) is 5.60 Å². The Balaban J connectivity index is 2.08. The molecule has 2 N–H and O–H groups in total. The normalized spacial score (nSPS) is 18.0. The van der Waals surface area contributed by atoms with E-state index in [1.807, 2.05) is 0 Å². The highest BCUT2D eigenvalue weighted by atomic mass is 19.1. The molecule has 0 aliphatic heterocycles. The van der Waals surface area contributed by atoms with Gasteiger partial charge in [0, 0.05) is 0 Å². The molecule has 2 rings (SSSR count). The zero-order chi connectivity index (χ0) is 13.9. The number of carboxylic acids is 1.